The summed E-state index contributed by atoms with van der Waals surface area (Å²) >= 11 is 0. The van der Waals surface area contributed by atoms with Crippen molar-refractivity contribution in [2.45, 2.75) is 37.1 Å². The largest absolute Gasteiger partial charge is 0.313 e. The molecule has 0 heterocycles. The molecule has 0 atom stereocenters. The molecule has 0 radical (unpaired) electrons. The average Bonchev–Trinajstić information content (AvgIpc) is 3.12. The maximum absolute atomic E-state index is 3.66. The van der Waals surface area contributed by atoms with E-state index in [4.69, 9.17) is 0 Å². The predicted molar refractivity (Wildman–Crippen MR) is 58.4 cm³/mol. The quantitative estimate of drug-likeness (QED) is 0.763. The third-order valence-electron chi connectivity index (χ3n) is 3.55. The van der Waals surface area contributed by atoms with Gasteiger partial charge in [0, 0.05) is 18.0 Å². The van der Waals surface area contributed by atoms with Crippen molar-refractivity contribution in [3.8, 4) is 0 Å². The van der Waals surface area contributed by atoms with Gasteiger partial charge in [-0.3, -0.25) is 0 Å². The Hall–Kier alpha value is -0.820. The highest BCUT2D eigenvalue weighted by molar-refractivity contribution is 5.31. The molecule has 14 heavy (non-hydrogen) atoms. The average molecular weight is 187 g/mol. The Kier molecular flexibility index (Phi) is 1.88. The Morgan fingerprint density at radius 3 is 2.43 bits per heavy atom. The standard InChI is InChI=1S/C13H17N/c1-2-4-11(5-3-1)13(8-9-13)10-14-12-6-7-12/h1-5,12,14H,6-10H2. The van der Waals surface area contributed by atoms with Crippen LogP contribution in [0.4, 0.5) is 0 Å². The van der Waals surface area contributed by atoms with Crippen molar-refractivity contribution in [3.63, 3.8) is 0 Å². The molecule has 0 aromatic heterocycles. The molecule has 0 unspecified atom stereocenters. The lowest BCUT2D eigenvalue weighted by atomic mass is 9.96. The maximum Gasteiger partial charge on any atom is 0.00785 e. The van der Waals surface area contributed by atoms with Crippen molar-refractivity contribution in [2.24, 2.45) is 0 Å². The van der Waals surface area contributed by atoms with E-state index >= 15 is 0 Å². The third kappa shape index (κ3) is 1.57. The minimum atomic E-state index is 0.504. The van der Waals surface area contributed by atoms with Crippen LogP contribution in [-0.4, -0.2) is 12.6 Å². The number of hydrogen-bond donors (Lipinski definition) is 1. The minimum Gasteiger partial charge on any atom is -0.313 e. The third-order valence-corrected chi connectivity index (χ3v) is 3.55. The van der Waals surface area contributed by atoms with Crippen molar-refractivity contribution in [2.75, 3.05) is 6.54 Å². The summed E-state index contributed by atoms with van der Waals surface area (Å²) in [5.41, 5.74) is 2.04. The molecule has 1 nitrogen and oxygen atoms in total. The van der Waals surface area contributed by atoms with Crippen LogP contribution in [0, 0.1) is 0 Å². The molecule has 1 heteroatoms. The first kappa shape index (κ1) is 8.49. The van der Waals surface area contributed by atoms with Gasteiger partial charge >= 0.3 is 0 Å². The second kappa shape index (κ2) is 3.09. The molecule has 0 aliphatic heterocycles. The Morgan fingerprint density at radius 1 is 1.14 bits per heavy atom. The number of nitrogens with one attached hydrogen (secondary N) is 1. The zero-order chi connectivity index (χ0) is 9.43. The second-order valence-electron chi connectivity index (χ2n) is 4.80. The number of hydrogen-bond acceptors (Lipinski definition) is 1. The summed E-state index contributed by atoms with van der Waals surface area (Å²) in [5.74, 6) is 0. The highest BCUT2D eigenvalue weighted by Crippen LogP contribution is 2.47. The van der Waals surface area contributed by atoms with Gasteiger partial charge in [0.15, 0.2) is 0 Å². The second-order valence-corrected chi connectivity index (χ2v) is 4.80. The molecule has 0 spiro atoms. The molecule has 2 fully saturated rings. The molecule has 1 N–H and O–H groups in total. The summed E-state index contributed by atoms with van der Waals surface area (Å²) in [7, 11) is 0. The van der Waals surface area contributed by atoms with Gasteiger partial charge in [-0.25, -0.2) is 0 Å². The van der Waals surface area contributed by atoms with Gasteiger partial charge in [-0.15, -0.1) is 0 Å². The van der Waals surface area contributed by atoms with E-state index < -0.39 is 0 Å². The van der Waals surface area contributed by atoms with Crippen LogP contribution < -0.4 is 5.32 Å². The van der Waals surface area contributed by atoms with E-state index in [1.807, 2.05) is 0 Å². The topological polar surface area (TPSA) is 12.0 Å². The summed E-state index contributed by atoms with van der Waals surface area (Å²) in [5, 5.41) is 3.66. The molecule has 0 saturated heterocycles. The van der Waals surface area contributed by atoms with Crippen molar-refractivity contribution in [1.82, 2.24) is 5.32 Å². The Bertz CT molecular complexity index is 309. The van der Waals surface area contributed by atoms with Gasteiger partial charge < -0.3 is 5.32 Å². The normalized spacial score (nSPS) is 23.4. The SMILES string of the molecule is c1ccc(C2(CNC3CC3)CC2)cc1. The van der Waals surface area contributed by atoms with Crippen LogP contribution in [0.3, 0.4) is 0 Å². The maximum atomic E-state index is 3.66. The van der Waals surface area contributed by atoms with Gasteiger partial charge in [-0.05, 0) is 31.2 Å². The van der Waals surface area contributed by atoms with Crippen LogP contribution in [0.2, 0.25) is 0 Å². The van der Waals surface area contributed by atoms with Crippen molar-refractivity contribution in [3.05, 3.63) is 35.9 Å². The Balaban J connectivity index is 1.69. The molecule has 1 aromatic carbocycles. The highest BCUT2D eigenvalue weighted by atomic mass is 15.0. The summed E-state index contributed by atoms with van der Waals surface area (Å²) in [6.45, 7) is 1.20. The summed E-state index contributed by atoms with van der Waals surface area (Å²) in [6, 6.07) is 11.8. The molecular formula is C13H17N. The lowest BCUT2D eigenvalue weighted by Gasteiger charge is -2.16. The van der Waals surface area contributed by atoms with E-state index in [1.165, 1.54) is 37.8 Å². The molecule has 2 aliphatic rings. The number of rotatable bonds is 4. The zero-order valence-corrected chi connectivity index (χ0v) is 8.50. The fraction of sp³-hybridized carbons (Fsp3) is 0.538. The van der Waals surface area contributed by atoms with E-state index in [0.717, 1.165) is 6.04 Å². The van der Waals surface area contributed by atoms with Crippen LogP contribution >= 0.6 is 0 Å². The smallest absolute Gasteiger partial charge is 0.00785 e. The van der Waals surface area contributed by atoms with Crippen molar-refractivity contribution >= 4 is 0 Å². The summed E-state index contributed by atoms with van der Waals surface area (Å²) in [6.07, 6.45) is 5.53. The first-order valence-electron chi connectivity index (χ1n) is 5.68. The molecule has 2 saturated carbocycles. The van der Waals surface area contributed by atoms with Gasteiger partial charge in [0.25, 0.3) is 0 Å². The van der Waals surface area contributed by atoms with E-state index in [0.29, 0.717) is 5.41 Å². The van der Waals surface area contributed by atoms with E-state index in [-0.39, 0.29) is 0 Å². The number of benzene rings is 1. The molecular weight excluding hydrogens is 170 g/mol. The van der Waals surface area contributed by atoms with Gasteiger partial charge in [-0.2, -0.15) is 0 Å². The van der Waals surface area contributed by atoms with Crippen molar-refractivity contribution in [1.29, 1.82) is 0 Å². The first-order valence-corrected chi connectivity index (χ1v) is 5.68. The fourth-order valence-electron chi connectivity index (χ4n) is 2.14. The highest BCUT2D eigenvalue weighted by Gasteiger charge is 2.44. The lowest BCUT2D eigenvalue weighted by molar-refractivity contribution is 0.572. The molecule has 0 amide bonds. The van der Waals surface area contributed by atoms with Crippen LogP contribution in [0.1, 0.15) is 31.2 Å². The molecule has 2 aliphatic carbocycles. The summed E-state index contributed by atoms with van der Waals surface area (Å²) in [4.78, 5) is 0. The fourth-order valence-corrected chi connectivity index (χ4v) is 2.14. The molecule has 0 bridgehead atoms. The monoisotopic (exact) mass is 187 g/mol. The van der Waals surface area contributed by atoms with E-state index in [9.17, 15) is 0 Å². The van der Waals surface area contributed by atoms with E-state index in [1.54, 1.807) is 0 Å². The van der Waals surface area contributed by atoms with Crippen molar-refractivity contribution < 1.29 is 0 Å². The Morgan fingerprint density at radius 2 is 1.86 bits per heavy atom. The van der Waals surface area contributed by atoms with Crippen LogP contribution in [0.5, 0.6) is 0 Å². The molecule has 74 valence electrons. The molecule has 1 aromatic rings. The van der Waals surface area contributed by atoms with Gasteiger partial charge in [0.2, 0.25) is 0 Å². The zero-order valence-electron chi connectivity index (χ0n) is 8.50. The van der Waals surface area contributed by atoms with Crippen LogP contribution in [0.15, 0.2) is 30.3 Å². The van der Waals surface area contributed by atoms with Crippen LogP contribution in [-0.2, 0) is 5.41 Å². The minimum absolute atomic E-state index is 0.504. The van der Waals surface area contributed by atoms with E-state index in [2.05, 4.69) is 35.6 Å². The van der Waals surface area contributed by atoms with Gasteiger partial charge in [-0.1, -0.05) is 30.3 Å². The predicted octanol–water partition coefficient (Wildman–Crippen LogP) is 2.47. The first-order chi connectivity index (χ1) is 6.89. The molecule has 3 rings (SSSR count). The van der Waals surface area contributed by atoms with Gasteiger partial charge in [0.05, 0.1) is 0 Å². The summed E-state index contributed by atoms with van der Waals surface area (Å²) < 4.78 is 0. The van der Waals surface area contributed by atoms with Crippen LogP contribution in [0.25, 0.3) is 0 Å². The van der Waals surface area contributed by atoms with Gasteiger partial charge in [0.1, 0.15) is 0 Å². The lowest BCUT2D eigenvalue weighted by Crippen LogP contribution is -2.28. The Labute approximate surface area is 85.5 Å².